The van der Waals surface area contributed by atoms with E-state index < -0.39 is 17.9 Å². The quantitative estimate of drug-likeness (QED) is 0.859. The number of aromatic nitrogens is 1. The van der Waals surface area contributed by atoms with Crippen LogP contribution < -0.4 is 10.2 Å². The number of amides is 1. The number of rotatable bonds is 5. The monoisotopic (exact) mass is 291 g/mol. The number of anilines is 1. The third-order valence-electron chi connectivity index (χ3n) is 3.67. The number of nitrogens with one attached hydrogen (secondary N) is 1. The summed E-state index contributed by atoms with van der Waals surface area (Å²) in [4.78, 5) is 29.6. The van der Waals surface area contributed by atoms with E-state index in [9.17, 15) is 9.59 Å². The zero-order chi connectivity index (χ0) is 15.4. The molecule has 1 aromatic rings. The summed E-state index contributed by atoms with van der Waals surface area (Å²) >= 11 is 0. The highest BCUT2D eigenvalue weighted by Gasteiger charge is 2.24. The number of nitrogens with zero attached hydrogens (tertiary/aromatic N) is 2. The molecule has 0 saturated carbocycles. The fourth-order valence-corrected chi connectivity index (χ4v) is 2.44. The fraction of sp³-hybridized carbons (Fsp3) is 0.533. The smallest absolute Gasteiger partial charge is 0.326 e. The molecule has 6 nitrogen and oxygen atoms in total. The zero-order valence-electron chi connectivity index (χ0n) is 12.4. The summed E-state index contributed by atoms with van der Waals surface area (Å²) in [5, 5.41) is 11.7. The predicted octanol–water partition coefficient (Wildman–Crippen LogP) is 1.52. The first-order valence-corrected chi connectivity index (χ1v) is 7.23. The first kappa shape index (κ1) is 15.3. The lowest BCUT2D eigenvalue weighted by Gasteiger charge is -2.19. The fourth-order valence-electron chi connectivity index (χ4n) is 2.44. The van der Waals surface area contributed by atoms with Crippen LogP contribution in [0.4, 0.5) is 5.69 Å². The van der Waals surface area contributed by atoms with Gasteiger partial charge in [0.2, 0.25) is 0 Å². The summed E-state index contributed by atoms with van der Waals surface area (Å²) in [6.07, 6.45) is 3.89. The molecule has 2 heterocycles. The highest BCUT2D eigenvalue weighted by Crippen LogP contribution is 2.20. The molecule has 1 amide bonds. The van der Waals surface area contributed by atoms with E-state index in [0.717, 1.165) is 31.6 Å². The van der Waals surface area contributed by atoms with Gasteiger partial charge in [-0.3, -0.25) is 9.78 Å². The highest BCUT2D eigenvalue weighted by atomic mass is 16.4. The first-order chi connectivity index (χ1) is 9.99. The third kappa shape index (κ3) is 3.71. The average Bonchev–Trinajstić information content (AvgIpc) is 2.98. The summed E-state index contributed by atoms with van der Waals surface area (Å²) in [6.45, 7) is 5.48. The second kappa shape index (κ2) is 6.56. The van der Waals surface area contributed by atoms with Gasteiger partial charge in [-0.1, -0.05) is 13.8 Å². The van der Waals surface area contributed by atoms with Crippen LogP contribution in [0.5, 0.6) is 0 Å². The molecule has 1 fully saturated rings. The summed E-state index contributed by atoms with van der Waals surface area (Å²) < 4.78 is 0. The SMILES string of the molecule is CC(C)[C@H](NC(=O)c1cc(N2CCCC2)ccn1)C(=O)O. The van der Waals surface area contributed by atoms with Crippen LogP contribution in [0.15, 0.2) is 18.3 Å². The van der Waals surface area contributed by atoms with Crippen molar-refractivity contribution in [3.63, 3.8) is 0 Å². The maximum atomic E-state index is 12.2. The minimum Gasteiger partial charge on any atom is -0.480 e. The van der Waals surface area contributed by atoms with Gasteiger partial charge in [0, 0.05) is 25.0 Å². The Morgan fingerprint density at radius 2 is 2.00 bits per heavy atom. The molecule has 21 heavy (non-hydrogen) atoms. The molecule has 6 heteroatoms. The number of carboxylic acids is 1. The van der Waals surface area contributed by atoms with Gasteiger partial charge >= 0.3 is 5.97 Å². The summed E-state index contributed by atoms with van der Waals surface area (Å²) in [6, 6.07) is 2.69. The molecule has 1 atom stereocenters. The Kier molecular flexibility index (Phi) is 4.77. The van der Waals surface area contributed by atoms with E-state index in [1.165, 1.54) is 0 Å². The number of aliphatic carboxylic acids is 1. The Morgan fingerprint density at radius 1 is 1.33 bits per heavy atom. The number of carboxylic acid groups (broad SMARTS) is 1. The van der Waals surface area contributed by atoms with Crippen LogP contribution in [-0.4, -0.2) is 41.1 Å². The molecule has 1 aliphatic rings. The Bertz CT molecular complexity index is 525. The summed E-state index contributed by atoms with van der Waals surface area (Å²) in [5.41, 5.74) is 1.22. The maximum Gasteiger partial charge on any atom is 0.326 e. The predicted molar refractivity (Wildman–Crippen MR) is 79.4 cm³/mol. The van der Waals surface area contributed by atoms with E-state index in [-0.39, 0.29) is 11.6 Å². The topological polar surface area (TPSA) is 82.5 Å². The van der Waals surface area contributed by atoms with Crippen molar-refractivity contribution in [3.05, 3.63) is 24.0 Å². The van der Waals surface area contributed by atoms with Gasteiger partial charge in [-0.05, 0) is 30.9 Å². The van der Waals surface area contributed by atoms with E-state index in [4.69, 9.17) is 5.11 Å². The molecule has 114 valence electrons. The molecule has 1 aliphatic heterocycles. The maximum absolute atomic E-state index is 12.2. The molecule has 0 bridgehead atoms. The zero-order valence-corrected chi connectivity index (χ0v) is 12.4. The van der Waals surface area contributed by atoms with Crippen LogP contribution >= 0.6 is 0 Å². The van der Waals surface area contributed by atoms with E-state index in [1.54, 1.807) is 26.1 Å². The number of hydrogen-bond donors (Lipinski definition) is 2. The lowest BCUT2D eigenvalue weighted by molar-refractivity contribution is -0.140. The van der Waals surface area contributed by atoms with Crippen LogP contribution in [0.25, 0.3) is 0 Å². The molecule has 2 rings (SSSR count). The van der Waals surface area contributed by atoms with Crippen LogP contribution in [0.1, 0.15) is 37.2 Å². The first-order valence-electron chi connectivity index (χ1n) is 7.23. The van der Waals surface area contributed by atoms with Crippen molar-refractivity contribution < 1.29 is 14.7 Å². The molecule has 0 aromatic carbocycles. The lowest BCUT2D eigenvalue weighted by Crippen LogP contribution is -2.44. The van der Waals surface area contributed by atoms with Crippen molar-refractivity contribution in [2.24, 2.45) is 5.92 Å². The minimum atomic E-state index is -1.03. The highest BCUT2D eigenvalue weighted by molar-refractivity contribution is 5.95. The van der Waals surface area contributed by atoms with Crippen LogP contribution in [0, 0.1) is 5.92 Å². The van der Waals surface area contributed by atoms with Gasteiger partial charge < -0.3 is 15.3 Å². The van der Waals surface area contributed by atoms with Crippen molar-refractivity contribution in [3.8, 4) is 0 Å². The summed E-state index contributed by atoms with van der Waals surface area (Å²) in [5.74, 6) is -1.67. The van der Waals surface area contributed by atoms with E-state index >= 15 is 0 Å². The van der Waals surface area contributed by atoms with E-state index in [0.29, 0.717) is 0 Å². The minimum absolute atomic E-state index is 0.187. The van der Waals surface area contributed by atoms with Crippen molar-refractivity contribution >= 4 is 17.6 Å². The molecule has 1 saturated heterocycles. The van der Waals surface area contributed by atoms with E-state index in [1.807, 2.05) is 6.07 Å². The van der Waals surface area contributed by atoms with Gasteiger partial charge in [0.05, 0.1) is 0 Å². The standard InChI is InChI=1S/C15H21N3O3/c1-10(2)13(15(20)21)17-14(19)12-9-11(5-6-16-12)18-7-3-4-8-18/h5-6,9-10,13H,3-4,7-8H2,1-2H3,(H,17,19)(H,20,21)/t13-/m0/s1. The van der Waals surface area contributed by atoms with Gasteiger partial charge in [0.1, 0.15) is 11.7 Å². The summed E-state index contributed by atoms with van der Waals surface area (Å²) in [7, 11) is 0. The molecular formula is C15H21N3O3. The molecule has 0 radical (unpaired) electrons. The van der Waals surface area contributed by atoms with Gasteiger partial charge in [0.25, 0.3) is 5.91 Å². The second-order valence-corrected chi connectivity index (χ2v) is 5.63. The largest absolute Gasteiger partial charge is 0.480 e. The molecule has 1 aromatic heterocycles. The number of pyridine rings is 1. The Hall–Kier alpha value is -2.11. The van der Waals surface area contributed by atoms with Crippen LogP contribution in [0.3, 0.4) is 0 Å². The lowest BCUT2D eigenvalue weighted by atomic mass is 10.0. The van der Waals surface area contributed by atoms with Gasteiger partial charge in [0.15, 0.2) is 0 Å². The Labute approximate surface area is 124 Å². The molecular weight excluding hydrogens is 270 g/mol. The van der Waals surface area contributed by atoms with Crippen LogP contribution in [0.2, 0.25) is 0 Å². The normalized spacial score (nSPS) is 16.0. The molecule has 0 unspecified atom stereocenters. The Balaban J connectivity index is 2.11. The third-order valence-corrected chi connectivity index (χ3v) is 3.67. The average molecular weight is 291 g/mol. The van der Waals surface area contributed by atoms with Crippen molar-refractivity contribution in [1.82, 2.24) is 10.3 Å². The van der Waals surface area contributed by atoms with Crippen molar-refractivity contribution in [2.75, 3.05) is 18.0 Å². The number of carbonyl (C=O) groups excluding carboxylic acids is 1. The van der Waals surface area contributed by atoms with E-state index in [2.05, 4.69) is 15.2 Å². The van der Waals surface area contributed by atoms with Crippen LogP contribution in [-0.2, 0) is 4.79 Å². The van der Waals surface area contributed by atoms with Gasteiger partial charge in [-0.15, -0.1) is 0 Å². The molecule has 0 spiro atoms. The van der Waals surface area contributed by atoms with Gasteiger partial charge in [-0.2, -0.15) is 0 Å². The number of hydrogen-bond acceptors (Lipinski definition) is 4. The second-order valence-electron chi connectivity index (χ2n) is 5.63. The molecule has 2 N–H and O–H groups in total. The van der Waals surface area contributed by atoms with Gasteiger partial charge in [-0.25, -0.2) is 4.79 Å². The van der Waals surface area contributed by atoms with Crippen molar-refractivity contribution in [2.45, 2.75) is 32.7 Å². The Morgan fingerprint density at radius 3 is 2.57 bits per heavy atom. The number of carbonyl (C=O) groups is 2. The van der Waals surface area contributed by atoms with Crippen molar-refractivity contribution in [1.29, 1.82) is 0 Å². The molecule has 0 aliphatic carbocycles.